The van der Waals surface area contributed by atoms with Crippen molar-refractivity contribution < 1.29 is 4.74 Å². The summed E-state index contributed by atoms with van der Waals surface area (Å²) < 4.78 is 6.24. The van der Waals surface area contributed by atoms with Gasteiger partial charge in [-0.05, 0) is 48.8 Å². The van der Waals surface area contributed by atoms with Gasteiger partial charge in [-0.2, -0.15) is 5.21 Å². The number of aromatic nitrogens is 6. The fraction of sp³-hybridized carbons (Fsp3) is 0.500. The Labute approximate surface area is 192 Å². The van der Waals surface area contributed by atoms with E-state index in [0.717, 1.165) is 43.8 Å². The number of likely N-dealkylation sites (tertiary alicyclic amines) is 1. The zero-order valence-corrected chi connectivity index (χ0v) is 18.7. The van der Waals surface area contributed by atoms with Gasteiger partial charge in [-0.25, -0.2) is 9.97 Å². The van der Waals surface area contributed by atoms with Crippen molar-refractivity contribution in [1.29, 1.82) is 0 Å². The summed E-state index contributed by atoms with van der Waals surface area (Å²) in [5, 5.41) is 14.6. The third kappa shape index (κ3) is 4.99. The number of aromatic amines is 1. The molecule has 9 nitrogen and oxygen atoms in total. The zero-order valence-electron chi connectivity index (χ0n) is 18.0. The minimum atomic E-state index is 0.135. The smallest absolute Gasteiger partial charge is 0.225 e. The largest absolute Gasteiger partial charge is 0.489 e. The summed E-state index contributed by atoms with van der Waals surface area (Å²) in [7, 11) is 0. The number of rotatable bonds is 6. The molecule has 0 bridgehead atoms. The molecule has 0 saturated carbocycles. The van der Waals surface area contributed by atoms with Crippen molar-refractivity contribution in [1.82, 2.24) is 35.5 Å². The van der Waals surface area contributed by atoms with Crippen molar-refractivity contribution in [3.8, 4) is 17.1 Å². The molecule has 2 fully saturated rings. The summed E-state index contributed by atoms with van der Waals surface area (Å²) in [4.78, 5) is 13.6. The van der Waals surface area contributed by atoms with Gasteiger partial charge in [0.05, 0.1) is 10.6 Å². The molecule has 4 heterocycles. The van der Waals surface area contributed by atoms with E-state index in [0.29, 0.717) is 16.8 Å². The Morgan fingerprint density at radius 3 is 2.50 bits per heavy atom. The monoisotopic (exact) mass is 454 g/mol. The molecule has 32 heavy (non-hydrogen) atoms. The first-order valence-electron chi connectivity index (χ1n) is 11.2. The van der Waals surface area contributed by atoms with Crippen LogP contribution in [0.3, 0.4) is 0 Å². The fourth-order valence-corrected chi connectivity index (χ4v) is 4.60. The molecule has 0 radical (unpaired) electrons. The van der Waals surface area contributed by atoms with E-state index < -0.39 is 0 Å². The quantitative estimate of drug-likeness (QED) is 0.605. The Hall–Kier alpha value is -2.78. The van der Waals surface area contributed by atoms with E-state index in [-0.39, 0.29) is 6.10 Å². The molecule has 2 aromatic heterocycles. The maximum absolute atomic E-state index is 6.56. The molecule has 5 rings (SSSR count). The van der Waals surface area contributed by atoms with Crippen LogP contribution < -0.4 is 9.64 Å². The second-order valence-corrected chi connectivity index (χ2v) is 8.82. The number of H-pyrrole nitrogens is 1. The maximum Gasteiger partial charge on any atom is 0.225 e. The van der Waals surface area contributed by atoms with Gasteiger partial charge in [-0.1, -0.05) is 24.1 Å². The molecule has 0 aliphatic carbocycles. The van der Waals surface area contributed by atoms with Crippen molar-refractivity contribution >= 4 is 17.5 Å². The van der Waals surface area contributed by atoms with E-state index in [4.69, 9.17) is 16.3 Å². The van der Waals surface area contributed by atoms with E-state index in [2.05, 4.69) is 52.5 Å². The lowest BCUT2D eigenvalue weighted by molar-refractivity contribution is 0.170. The number of anilines is 1. The van der Waals surface area contributed by atoms with Crippen molar-refractivity contribution in [2.45, 2.75) is 44.8 Å². The third-order valence-electron chi connectivity index (χ3n) is 6.11. The number of piperidine rings is 2. The summed E-state index contributed by atoms with van der Waals surface area (Å²) in [6, 6.07) is 6.22. The highest BCUT2D eigenvalue weighted by Gasteiger charge is 2.23. The molecule has 0 spiro atoms. The molecule has 1 N–H and O–H groups in total. The molecule has 0 amide bonds. The van der Waals surface area contributed by atoms with E-state index in [9.17, 15) is 0 Å². The number of ether oxygens (including phenoxy) is 1. The van der Waals surface area contributed by atoms with Gasteiger partial charge < -0.3 is 9.64 Å². The number of halogens is 1. The topological polar surface area (TPSA) is 96.0 Å². The first kappa shape index (κ1) is 21.1. The standard InChI is InChI=1S/C22H27ClN8O/c23-19-12-16(15-30-8-2-1-3-9-30)4-5-20(19)32-18-6-10-31(11-7-18)22-24-13-17(14-25-22)21-26-28-29-27-21/h4-5,12-14,18H,1-3,6-11,15H2,(H,26,27,28,29). The second kappa shape index (κ2) is 9.79. The molecule has 2 aliphatic rings. The number of nitrogens with one attached hydrogen (secondary N) is 1. The van der Waals surface area contributed by atoms with E-state index in [1.807, 2.05) is 6.07 Å². The lowest BCUT2D eigenvalue weighted by atomic mass is 10.1. The van der Waals surface area contributed by atoms with E-state index >= 15 is 0 Å². The number of hydrogen-bond acceptors (Lipinski definition) is 8. The van der Waals surface area contributed by atoms with Gasteiger partial charge in [0, 0.05) is 44.9 Å². The number of hydrogen-bond donors (Lipinski definition) is 1. The zero-order chi connectivity index (χ0) is 21.8. The summed E-state index contributed by atoms with van der Waals surface area (Å²) in [6.07, 6.45) is 9.30. The highest BCUT2D eigenvalue weighted by Crippen LogP contribution is 2.30. The summed E-state index contributed by atoms with van der Waals surface area (Å²) in [5.41, 5.74) is 1.99. The summed E-state index contributed by atoms with van der Waals surface area (Å²) in [5.74, 6) is 1.96. The van der Waals surface area contributed by atoms with Crippen LogP contribution >= 0.6 is 11.6 Å². The Bertz CT molecular complexity index is 999. The average Bonchev–Trinajstić information content (AvgIpc) is 3.37. The Morgan fingerprint density at radius 2 is 1.81 bits per heavy atom. The van der Waals surface area contributed by atoms with Crippen LogP contribution in [0.1, 0.15) is 37.7 Å². The molecule has 168 valence electrons. The number of benzene rings is 1. The summed E-state index contributed by atoms with van der Waals surface area (Å²) in [6.45, 7) is 4.98. The molecular weight excluding hydrogens is 428 g/mol. The Balaban J connectivity index is 1.14. The summed E-state index contributed by atoms with van der Waals surface area (Å²) >= 11 is 6.56. The molecule has 0 atom stereocenters. The van der Waals surface area contributed by atoms with Crippen molar-refractivity contribution in [2.24, 2.45) is 0 Å². The minimum absolute atomic E-state index is 0.135. The SMILES string of the molecule is Clc1cc(CN2CCCCC2)ccc1OC1CCN(c2ncc(-c3nn[nH]n3)cn2)CC1. The van der Waals surface area contributed by atoms with E-state index in [1.165, 1.54) is 37.9 Å². The predicted molar refractivity (Wildman–Crippen MR) is 122 cm³/mol. The van der Waals surface area contributed by atoms with Gasteiger partial charge >= 0.3 is 0 Å². The van der Waals surface area contributed by atoms with Crippen LogP contribution in [0, 0.1) is 0 Å². The van der Waals surface area contributed by atoms with Crippen LogP contribution in [-0.4, -0.2) is 67.8 Å². The first-order chi connectivity index (χ1) is 15.7. The lowest BCUT2D eigenvalue weighted by Gasteiger charge is -2.32. The van der Waals surface area contributed by atoms with Crippen LogP contribution in [0.25, 0.3) is 11.4 Å². The molecular formula is C22H27ClN8O. The highest BCUT2D eigenvalue weighted by atomic mass is 35.5. The van der Waals surface area contributed by atoms with Crippen LogP contribution in [0.2, 0.25) is 5.02 Å². The van der Waals surface area contributed by atoms with Gasteiger partial charge in [0.1, 0.15) is 11.9 Å². The van der Waals surface area contributed by atoms with Gasteiger partial charge in [0.2, 0.25) is 11.8 Å². The lowest BCUT2D eigenvalue weighted by Crippen LogP contribution is -2.39. The molecule has 0 unspecified atom stereocenters. The number of tetrazole rings is 1. The van der Waals surface area contributed by atoms with Crippen molar-refractivity contribution in [2.75, 3.05) is 31.1 Å². The maximum atomic E-state index is 6.56. The Morgan fingerprint density at radius 1 is 1.03 bits per heavy atom. The third-order valence-corrected chi connectivity index (χ3v) is 6.41. The highest BCUT2D eigenvalue weighted by molar-refractivity contribution is 6.32. The minimum Gasteiger partial charge on any atom is -0.489 e. The number of nitrogens with zero attached hydrogens (tertiary/aromatic N) is 7. The van der Waals surface area contributed by atoms with Crippen LogP contribution in [-0.2, 0) is 6.54 Å². The Kier molecular flexibility index (Phi) is 6.45. The normalized spacial score (nSPS) is 18.1. The second-order valence-electron chi connectivity index (χ2n) is 8.41. The van der Waals surface area contributed by atoms with Gasteiger partial charge in [0.25, 0.3) is 0 Å². The first-order valence-corrected chi connectivity index (χ1v) is 11.6. The van der Waals surface area contributed by atoms with Crippen molar-refractivity contribution in [3.05, 3.63) is 41.2 Å². The van der Waals surface area contributed by atoms with Gasteiger partial charge in [-0.15, -0.1) is 10.2 Å². The average molecular weight is 455 g/mol. The fourth-order valence-electron chi connectivity index (χ4n) is 4.35. The van der Waals surface area contributed by atoms with E-state index in [1.54, 1.807) is 12.4 Å². The molecule has 2 aliphatic heterocycles. The van der Waals surface area contributed by atoms with Crippen LogP contribution in [0.5, 0.6) is 5.75 Å². The van der Waals surface area contributed by atoms with Crippen LogP contribution in [0.15, 0.2) is 30.6 Å². The molecule has 1 aromatic carbocycles. The molecule has 3 aromatic rings. The van der Waals surface area contributed by atoms with Crippen molar-refractivity contribution in [3.63, 3.8) is 0 Å². The predicted octanol–water partition coefficient (Wildman–Crippen LogP) is 3.34. The molecule has 2 saturated heterocycles. The van der Waals surface area contributed by atoms with Gasteiger partial charge in [0.15, 0.2) is 0 Å². The van der Waals surface area contributed by atoms with Gasteiger partial charge in [-0.3, -0.25) is 4.90 Å². The molecule has 10 heteroatoms. The van der Waals surface area contributed by atoms with Crippen LogP contribution in [0.4, 0.5) is 5.95 Å².